The summed E-state index contributed by atoms with van der Waals surface area (Å²) >= 11 is 0. The normalized spacial score (nSPS) is 23.8. The van der Waals surface area contributed by atoms with E-state index in [9.17, 15) is 18.0 Å². The average molecular weight is 374 g/mol. The molecule has 1 aliphatic heterocycles. The molecule has 0 bridgehead atoms. The Bertz CT molecular complexity index is 773. The smallest absolute Gasteiger partial charge is 0.261 e. The van der Waals surface area contributed by atoms with E-state index >= 15 is 0 Å². The molecule has 0 atom stereocenters. The fraction of sp³-hybridized carbons (Fsp3) is 0.467. The van der Waals surface area contributed by atoms with Crippen molar-refractivity contribution in [2.75, 3.05) is 7.05 Å². The van der Waals surface area contributed by atoms with Gasteiger partial charge in [-0.05, 0) is 43.9 Å². The largest absolute Gasteiger partial charge is 0.328 e. The fourth-order valence-electron chi connectivity index (χ4n) is 3.03. The van der Waals surface area contributed by atoms with Gasteiger partial charge in [0.15, 0.2) is 0 Å². The molecular weight excluding hydrogens is 354 g/mol. The molecule has 0 unspecified atom stereocenters. The van der Waals surface area contributed by atoms with Gasteiger partial charge in [0.1, 0.15) is 0 Å². The van der Waals surface area contributed by atoms with Gasteiger partial charge in [0.2, 0.25) is 10.0 Å². The standard InChI is InChI=1S/C15H19N3O4S.ClH/c1-18-14(19)12-7-6-11(8-13(12)15(18)20)23(21,22)17-10-4-2-9(16)3-5-10;/h6-10,17H,2-5,16H2,1H3;1H. The first-order valence-corrected chi connectivity index (χ1v) is 9.02. The number of carbonyl (C=O) groups is 2. The number of halogens is 1. The van der Waals surface area contributed by atoms with Crippen molar-refractivity contribution < 1.29 is 18.0 Å². The second-order valence-electron chi connectivity index (χ2n) is 6.11. The highest BCUT2D eigenvalue weighted by atomic mass is 35.5. The first-order valence-electron chi connectivity index (χ1n) is 7.54. The molecule has 1 aromatic rings. The Labute approximate surface area is 147 Å². The lowest BCUT2D eigenvalue weighted by Crippen LogP contribution is -2.40. The number of nitrogens with zero attached hydrogens (tertiary/aromatic N) is 1. The minimum absolute atomic E-state index is 0. The van der Waals surface area contributed by atoms with Gasteiger partial charge in [-0.2, -0.15) is 0 Å². The lowest BCUT2D eigenvalue weighted by atomic mass is 9.93. The first-order chi connectivity index (χ1) is 10.8. The van der Waals surface area contributed by atoms with Crippen LogP contribution in [0.15, 0.2) is 23.1 Å². The molecular formula is C15H20ClN3O4S. The molecule has 7 nitrogen and oxygen atoms in total. The molecule has 0 aromatic heterocycles. The van der Waals surface area contributed by atoms with E-state index in [0.717, 1.165) is 17.7 Å². The van der Waals surface area contributed by atoms with Crippen LogP contribution in [0.3, 0.4) is 0 Å². The number of hydrogen-bond donors (Lipinski definition) is 2. The molecule has 1 aromatic carbocycles. The van der Waals surface area contributed by atoms with E-state index in [-0.39, 0.29) is 40.5 Å². The highest BCUT2D eigenvalue weighted by molar-refractivity contribution is 7.89. The van der Waals surface area contributed by atoms with Gasteiger partial charge < -0.3 is 5.73 Å². The Hall–Kier alpha value is -1.48. The van der Waals surface area contributed by atoms with Crippen molar-refractivity contribution in [2.45, 2.75) is 42.7 Å². The topological polar surface area (TPSA) is 110 Å². The van der Waals surface area contributed by atoms with E-state index < -0.39 is 21.8 Å². The molecule has 1 aliphatic carbocycles. The average Bonchev–Trinajstić information content (AvgIpc) is 2.74. The van der Waals surface area contributed by atoms with E-state index in [1.54, 1.807) is 0 Å². The third kappa shape index (κ3) is 3.32. The Morgan fingerprint density at radius 3 is 2.29 bits per heavy atom. The van der Waals surface area contributed by atoms with Gasteiger partial charge in [0.05, 0.1) is 16.0 Å². The molecule has 3 N–H and O–H groups in total. The number of imide groups is 1. The second-order valence-corrected chi connectivity index (χ2v) is 7.82. The third-order valence-corrected chi connectivity index (χ3v) is 5.98. The summed E-state index contributed by atoms with van der Waals surface area (Å²) in [5, 5.41) is 0. The van der Waals surface area contributed by atoms with Crippen LogP contribution in [0.2, 0.25) is 0 Å². The molecule has 24 heavy (non-hydrogen) atoms. The number of hydrogen-bond acceptors (Lipinski definition) is 5. The molecule has 2 amide bonds. The van der Waals surface area contributed by atoms with Crippen LogP contribution in [0.4, 0.5) is 0 Å². The van der Waals surface area contributed by atoms with Crippen LogP contribution in [0, 0.1) is 0 Å². The second kappa shape index (κ2) is 6.79. The number of benzene rings is 1. The Balaban J connectivity index is 0.00000208. The lowest BCUT2D eigenvalue weighted by molar-refractivity contribution is 0.0693. The van der Waals surface area contributed by atoms with Crippen molar-refractivity contribution >= 4 is 34.2 Å². The zero-order valence-corrected chi connectivity index (χ0v) is 14.8. The number of nitrogens with one attached hydrogen (secondary N) is 1. The Morgan fingerprint density at radius 2 is 1.67 bits per heavy atom. The van der Waals surface area contributed by atoms with Gasteiger partial charge in [-0.1, -0.05) is 0 Å². The molecule has 0 radical (unpaired) electrons. The summed E-state index contributed by atoms with van der Waals surface area (Å²) in [6.45, 7) is 0. The zero-order valence-electron chi connectivity index (χ0n) is 13.2. The summed E-state index contributed by atoms with van der Waals surface area (Å²) in [6.07, 6.45) is 2.97. The molecule has 3 rings (SSSR count). The molecule has 0 saturated heterocycles. The highest BCUT2D eigenvalue weighted by Gasteiger charge is 2.34. The van der Waals surface area contributed by atoms with Crippen molar-refractivity contribution in [3.8, 4) is 0 Å². The minimum atomic E-state index is -3.73. The maximum absolute atomic E-state index is 12.5. The SMILES string of the molecule is CN1C(=O)c2ccc(S(=O)(=O)NC3CCC(N)CC3)cc2C1=O.Cl. The van der Waals surface area contributed by atoms with Crippen LogP contribution in [0.25, 0.3) is 0 Å². The minimum Gasteiger partial charge on any atom is -0.328 e. The molecule has 1 fully saturated rings. The van der Waals surface area contributed by atoms with Crippen LogP contribution >= 0.6 is 12.4 Å². The van der Waals surface area contributed by atoms with Gasteiger partial charge in [-0.15, -0.1) is 12.4 Å². The highest BCUT2D eigenvalue weighted by Crippen LogP contribution is 2.25. The van der Waals surface area contributed by atoms with Crippen molar-refractivity contribution in [1.82, 2.24) is 9.62 Å². The third-order valence-electron chi connectivity index (χ3n) is 4.47. The van der Waals surface area contributed by atoms with Gasteiger partial charge in [0.25, 0.3) is 11.8 Å². The summed E-state index contributed by atoms with van der Waals surface area (Å²) in [6, 6.07) is 4.02. The van der Waals surface area contributed by atoms with E-state index in [2.05, 4.69) is 4.72 Å². The number of rotatable bonds is 3. The molecule has 0 spiro atoms. The summed E-state index contributed by atoms with van der Waals surface area (Å²) < 4.78 is 27.7. The van der Waals surface area contributed by atoms with Crippen LogP contribution in [-0.4, -0.2) is 44.3 Å². The van der Waals surface area contributed by atoms with Gasteiger partial charge >= 0.3 is 0 Å². The number of amides is 2. The maximum Gasteiger partial charge on any atom is 0.261 e. The van der Waals surface area contributed by atoms with Crippen molar-refractivity contribution in [3.63, 3.8) is 0 Å². The number of sulfonamides is 1. The Morgan fingerprint density at radius 1 is 1.08 bits per heavy atom. The summed E-state index contributed by atoms with van der Waals surface area (Å²) in [4.78, 5) is 24.8. The zero-order chi connectivity index (χ0) is 16.8. The predicted octanol–water partition coefficient (Wildman–Crippen LogP) is 0.882. The van der Waals surface area contributed by atoms with Crippen LogP contribution in [-0.2, 0) is 10.0 Å². The summed E-state index contributed by atoms with van der Waals surface area (Å²) in [5.41, 5.74) is 6.19. The first kappa shape index (κ1) is 18.9. The van der Waals surface area contributed by atoms with Crippen molar-refractivity contribution in [1.29, 1.82) is 0 Å². The molecule has 9 heteroatoms. The molecule has 1 saturated carbocycles. The molecule has 132 valence electrons. The van der Waals surface area contributed by atoms with Crippen LogP contribution in [0.5, 0.6) is 0 Å². The summed E-state index contributed by atoms with van der Waals surface area (Å²) in [7, 11) is -2.35. The van der Waals surface area contributed by atoms with E-state index in [1.807, 2.05) is 0 Å². The van der Waals surface area contributed by atoms with Gasteiger partial charge in [-0.25, -0.2) is 13.1 Å². The number of nitrogens with two attached hydrogens (primary N) is 1. The lowest BCUT2D eigenvalue weighted by Gasteiger charge is -2.26. The van der Waals surface area contributed by atoms with Crippen LogP contribution in [0.1, 0.15) is 46.4 Å². The van der Waals surface area contributed by atoms with E-state index in [0.29, 0.717) is 12.8 Å². The predicted molar refractivity (Wildman–Crippen MR) is 90.7 cm³/mol. The van der Waals surface area contributed by atoms with Gasteiger partial charge in [-0.3, -0.25) is 14.5 Å². The van der Waals surface area contributed by atoms with Crippen LogP contribution < -0.4 is 10.5 Å². The van der Waals surface area contributed by atoms with E-state index in [1.165, 1.54) is 25.2 Å². The fourth-order valence-corrected chi connectivity index (χ4v) is 4.36. The Kier molecular flexibility index (Phi) is 5.34. The van der Waals surface area contributed by atoms with Crippen molar-refractivity contribution in [2.24, 2.45) is 5.73 Å². The molecule has 1 heterocycles. The van der Waals surface area contributed by atoms with Gasteiger partial charge in [0, 0.05) is 19.1 Å². The summed E-state index contributed by atoms with van der Waals surface area (Å²) in [5.74, 6) is -0.895. The quantitative estimate of drug-likeness (QED) is 0.764. The monoisotopic (exact) mass is 373 g/mol. The van der Waals surface area contributed by atoms with E-state index in [4.69, 9.17) is 5.73 Å². The number of carbonyl (C=O) groups excluding carboxylic acids is 2. The maximum atomic E-state index is 12.5. The number of fused-ring (bicyclic) bond motifs is 1. The molecule has 2 aliphatic rings. The van der Waals surface area contributed by atoms with Crippen molar-refractivity contribution in [3.05, 3.63) is 29.3 Å².